The van der Waals surface area contributed by atoms with Crippen molar-refractivity contribution in [3.05, 3.63) is 29.0 Å². The number of hydrogen-bond acceptors (Lipinski definition) is 2. The predicted octanol–water partition coefficient (Wildman–Crippen LogP) is 4.20. The summed E-state index contributed by atoms with van der Waals surface area (Å²) in [6, 6.07) is 6.92. The van der Waals surface area contributed by atoms with Crippen molar-refractivity contribution in [1.82, 2.24) is 15.3 Å². The van der Waals surface area contributed by atoms with Gasteiger partial charge in [-0.1, -0.05) is 24.4 Å². The quantitative estimate of drug-likeness (QED) is 0.826. The molecule has 2 fully saturated rings. The first-order valence-corrected chi connectivity index (χ1v) is 8.08. The topological polar surface area (TPSA) is 40.7 Å². The van der Waals surface area contributed by atoms with E-state index in [0.717, 1.165) is 27.8 Å². The number of H-pyrrole nitrogens is 1. The molecule has 3 atom stereocenters. The van der Waals surface area contributed by atoms with Crippen LogP contribution >= 0.6 is 11.6 Å². The zero-order chi connectivity index (χ0) is 13.5. The molecule has 3 nitrogen and oxygen atoms in total. The summed E-state index contributed by atoms with van der Waals surface area (Å²) in [6.45, 7) is 0. The summed E-state index contributed by atoms with van der Waals surface area (Å²) in [6.07, 6.45) is 8.04. The fourth-order valence-electron chi connectivity index (χ4n) is 3.88. The summed E-state index contributed by atoms with van der Waals surface area (Å²) in [5.74, 6) is 1.96. The Hall–Kier alpha value is -1.06. The average Bonchev–Trinajstić information content (AvgIpc) is 2.89. The lowest BCUT2D eigenvalue weighted by molar-refractivity contribution is 0.174. The van der Waals surface area contributed by atoms with Crippen molar-refractivity contribution in [2.24, 2.45) is 5.92 Å². The Balaban J connectivity index is 1.59. The normalized spacial score (nSPS) is 30.4. The number of halogens is 1. The van der Waals surface area contributed by atoms with Gasteiger partial charge in [-0.15, -0.1) is 0 Å². The molecule has 1 saturated carbocycles. The van der Waals surface area contributed by atoms with E-state index >= 15 is 0 Å². The molecule has 1 aromatic carbocycles. The number of aromatic nitrogens is 2. The highest BCUT2D eigenvalue weighted by molar-refractivity contribution is 6.31. The van der Waals surface area contributed by atoms with E-state index in [1.807, 2.05) is 18.2 Å². The van der Waals surface area contributed by atoms with Crippen LogP contribution in [0.2, 0.25) is 5.02 Å². The fraction of sp³-hybridized carbons (Fsp3) is 0.562. The minimum atomic E-state index is 0.375. The average molecular weight is 290 g/mol. The van der Waals surface area contributed by atoms with Crippen LogP contribution in [0.1, 0.15) is 50.4 Å². The lowest BCUT2D eigenvalue weighted by atomic mass is 9.77. The first-order valence-electron chi connectivity index (χ1n) is 7.71. The maximum absolute atomic E-state index is 6.04. The molecule has 106 valence electrons. The molecule has 2 aliphatic rings. The van der Waals surface area contributed by atoms with Gasteiger partial charge in [-0.2, -0.15) is 0 Å². The van der Waals surface area contributed by atoms with Crippen LogP contribution in [0.3, 0.4) is 0 Å². The summed E-state index contributed by atoms with van der Waals surface area (Å²) < 4.78 is 0. The zero-order valence-electron chi connectivity index (χ0n) is 11.5. The van der Waals surface area contributed by atoms with Crippen LogP contribution in [-0.4, -0.2) is 16.0 Å². The molecule has 4 rings (SSSR count). The van der Waals surface area contributed by atoms with Gasteiger partial charge in [0.05, 0.1) is 17.1 Å². The van der Waals surface area contributed by atoms with Crippen LogP contribution in [0.4, 0.5) is 0 Å². The first-order chi connectivity index (χ1) is 9.79. The van der Waals surface area contributed by atoms with E-state index < -0.39 is 0 Å². The minimum absolute atomic E-state index is 0.375. The first kappa shape index (κ1) is 12.7. The Morgan fingerprint density at radius 3 is 2.95 bits per heavy atom. The number of aromatic amines is 1. The number of benzene rings is 1. The molecule has 4 heteroatoms. The number of nitrogens with zero attached hydrogens (tertiary/aromatic N) is 1. The van der Waals surface area contributed by atoms with E-state index in [1.54, 1.807) is 0 Å². The molecule has 1 aromatic heterocycles. The fourth-order valence-corrected chi connectivity index (χ4v) is 4.05. The summed E-state index contributed by atoms with van der Waals surface area (Å²) in [5, 5.41) is 4.58. The van der Waals surface area contributed by atoms with E-state index in [1.165, 1.54) is 38.5 Å². The lowest BCUT2D eigenvalue weighted by Crippen LogP contribution is -2.45. The Labute approximate surface area is 124 Å². The second-order valence-electron chi connectivity index (χ2n) is 6.23. The van der Waals surface area contributed by atoms with Crippen molar-refractivity contribution < 1.29 is 0 Å². The van der Waals surface area contributed by atoms with E-state index in [-0.39, 0.29) is 0 Å². The molecule has 2 aromatic rings. The summed E-state index contributed by atoms with van der Waals surface area (Å²) in [7, 11) is 0. The van der Waals surface area contributed by atoms with Gasteiger partial charge in [0.25, 0.3) is 0 Å². The molecule has 20 heavy (non-hydrogen) atoms. The lowest BCUT2D eigenvalue weighted by Gasteiger charge is -2.39. The molecule has 2 heterocycles. The van der Waals surface area contributed by atoms with Gasteiger partial charge in [0, 0.05) is 11.1 Å². The van der Waals surface area contributed by atoms with Crippen LogP contribution in [0, 0.1) is 5.92 Å². The molecule has 0 spiro atoms. The van der Waals surface area contributed by atoms with Crippen LogP contribution in [0.5, 0.6) is 0 Å². The largest absolute Gasteiger partial charge is 0.341 e. The minimum Gasteiger partial charge on any atom is -0.341 e. The van der Waals surface area contributed by atoms with Gasteiger partial charge in [0.2, 0.25) is 0 Å². The molecule has 0 amide bonds. The Bertz CT molecular complexity index is 621. The molecule has 2 N–H and O–H groups in total. The van der Waals surface area contributed by atoms with Crippen molar-refractivity contribution in [3.63, 3.8) is 0 Å². The molecule has 0 bridgehead atoms. The maximum atomic E-state index is 6.04. The Kier molecular flexibility index (Phi) is 3.20. The number of imidazole rings is 1. The van der Waals surface area contributed by atoms with E-state index in [9.17, 15) is 0 Å². The molecular formula is C16H20ClN3. The standard InChI is InChI=1S/C16H20ClN3/c17-11-6-8-13-15(9-11)20-16(19-13)14-7-5-10-3-1-2-4-12(10)18-14/h6,8-10,12,14,18H,1-5,7H2,(H,19,20). The van der Waals surface area contributed by atoms with E-state index in [2.05, 4.69) is 10.3 Å². The Morgan fingerprint density at radius 2 is 2.00 bits per heavy atom. The van der Waals surface area contributed by atoms with Gasteiger partial charge in [0.1, 0.15) is 5.82 Å². The van der Waals surface area contributed by atoms with Crippen molar-refractivity contribution in [2.45, 2.75) is 50.6 Å². The van der Waals surface area contributed by atoms with E-state index in [4.69, 9.17) is 16.6 Å². The highest BCUT2D eigenvalue weighted by atomic mass is 35.5. The third kappa shape index (κ3) is 2.23. The van der Waals surface area contributed by atoms with Crippen molar-refractivity contribution in [3.8, 4) is 0 Å². The van der Waals surface area contributed by atoms with Gasteiger partial charge in [0.15, 0.2) is 0 Å². The zero-order valence-corrected chi connectivity index (χ0v) is 12.3. The summed E-state index contributed by atoms with van der Waals surface area (Å²) >= 11 is 6.04. The van der Waals surface area contributed by atoms with Gasteiger partial charge in [-0.05, 0) is 49.8 Å². The van der Waals surface area contributed by atoms with Crippen molar-refractivity contribution in [2.75, 3.05) is 0 Å². The number of fused-ring (bicyclic) bond motifs is 2. The monoisotopic (exact) mass is 289 g/mol. The van der Waals surface area contributed by atoms with E-state index in [0.29, 0.717) is 12.1 Å². The van der Waals surface area contributed by atoms with Crippen LogP contribution in [-0.2, 0) is 0 Å². The number of rotatable bonds is 1. The molecule has 1 aliphatic heterocycles. The van der Waals surface area contributed by atoms with Crippen molar-refractivity contribution >= 4 is 22.6 Å². The van der Waals surface area contributed by atoms with Gasteiger partial charge < -0.3 is 10.3 Å². The third-order valence-electron chi connectivity index (χ3n) is 4.94. The molecule has 3 unspecified atom stereocenters. The molecular weight excluding hydrogens is 270 g/mol. The van der Waals surface area contributed by atoms with Gasteiger partial charge in [-0.25, -0.2) is 4.98 Å². The van der Waals surface area contributed by atoms with Gasteiger partial charge in [-0.3, -0.25) is 0 Å². The number of piperidine rings is 1. The van der Waals surface area contributed by atoms with Crippen LogP contribution in [0.25, 0.3) is 11.0 Å². The van der Waals surface area contributed by atoms with Crippen LogP contribution in [0.15, 0.2) is 18.2 Å². The number of nitrogens with one attached hydrogen (secondary N) is 2. The maximum Gasteiger partial charge on any atom is 0.124 e. The highest BCUT2D eigenvalue weighted by Crippen LogP contribution is 2.36. The second kappa shape index (κ2) is 5.05. The Morgan fingerprint density at radius 1 is 1.10 bits per heavy atom. The molecule has 1 aliphatic carbocycles. The molecule has 0 radical (unpaired) electrons. The SMILES string of the molecule is Clc1ccc2nc(C3CCC4CCCCC4N3)[nH]c2c1. The van der Waals surface area contributed by atoms with Gasteiger partial charge >= 0.3 is 0 Å². The highest BCUT2D eigenvalue weighted by Gasteiger charge is 2.33. The second-order valence-corrected chi connectivity index (χ2v) is 6.67. The summed E-state index contributed by atoms with van der Waals surface area (Å²) in [4.78, 5) is 8.18. The number of hydrogen-bond donors (Lipinski definition) is 2. The third-order valence-corrected chi connectivity index (χ3v) is 5.18. The molecule has 1 saturated heterocycles. The predicted molar refractivity (Wildman–Crippen MR) is 82.0 cm³/mol. The van der Waals surface area contributed by atoms with Crippen LogP contribution < -0.4 is 5.32 Å². The van der Waals surface area contributed by atoms with Crippen molar-refractivity contribution in [1.29, 1.82) is 0 Å². The summed E-state index contributed by atoms with van der Waals surface area (Å²) in [5.41, 5.74) is 2.05. The smallest absolute Gasteiger partial charge is 0.124 e.